The summed E-state index contributed by atoms with van der Waals surface area (Å²) in [5.74, 6) is -0.978. The van der Waals surface area contributed by atoms with Gasteiger partial charge in [0.2, 0.25) is 0 Å². The number of anilines is 1. The van der Waals surface area contributed by atoms with Crippen LogP contribution in [0.4, 0.5) is 14.5 Å². The van der Waals surface area contributed by atoms with Gasteiger partial charge in [0, 0.05) is 5.02 Å². The van der Waals surface area contributed by atoms with Gasteiger partial charge in [0.1, 0.15) is 11.6 Å². The van der Waals surface area contributed by atoms with E-state index in [2.05, 4.69) is 5.32 Å². The van der Waals surface area contributed by atoms with E-state index < -0.39 is 11.6 Å². The Hall–Kier alpha value is -1.03. The third kappa shape index (κ3) is 3.35. The van der Waals surface area contributed by atoms with Crippen LogP contribution in [0.5, 0.6) is 0 Å². The summed E-state index contributed by atoms with van der Waals surface area (Å²) in [7, 11) is 0. The normalized spacial score (nSPS) is 12.3. The van der Waals surface area contributed by atoms with Crippen LogP contribution in [0, 0.1) is 11.6 Å². The van der Waals surface area contributed by atoms with Crippen LogP contribution < -0.4 is 5.32 Å². The molecular formula is C14H10Cl3F2N. The summed E-state index contributed by atoms with van der Waals surface area (Å²) in [6.07, 6.45) is 0. The van der Waals surface area contributed by atoms with Gasteiger partial charge in [0.15, 0.2) is 0 Å². The summed E-state index contributed by atoms with van der Waals surface area (Å²) in [5.41, 5.74) is 1.07. The molecule has 2 rings (SSSR count). The first-order chi connectivity index (χ1) is 9.38. The standard InChI is InChI=1S/C14H10Cl3F2N/c1-7(9-5-13(19)11(16)6-10(9)15)20-14-3-2-8(18)4-12(14)17/h2-7,20H,1H3. The van der Waals surface area contributed by atoms with Crippen molar-refractivity contribution in [2.24, 2.45) is 0 Å². The Morgan fingerprint density at radius 1 is 0.950 bits per heavy atom. The fourth-order valence-corrected chi connectivity index (χ4v) is 2.56. The molecule has 0 saturated heterocycles. The second-order valence-corrected chi connectivity index (χ2v) is 5.50. The van der Waals surface area contributed by atoms with Gasteiger partial charge >= 0.3 is 0 Å². The lowest BCUT2D eigenvalue weighted by molar-refractivity contribution is 0.624. The Morgan fingerprint density at radius 3 is 2.30 bits per heavy atom. The van der Waals surface area contributed by atoms with Crippen molar-refractivity contribution in [2.45, 2.75) is 13.0 Å². The average Bonchev–Trinajstić information content (AvgIpc) is 2.37. The Morgan fingerprint density at radius 2 is 1.65 bits per heavy atom. The molecule has 0 saturated carbocycles. The van der Waals surface area contributed by atoms with Gasteiger partial charge in [-0.25, -0.2) is 8.78 Å². The molecule has 1 unspecified atom stereocenters. The molecule has 1 atom stereocenters. The minimum absolute atomic E-state index is 0.0363. The van der Waals surface area contributed by atoms with Gasteiger partial charge in [0.25, 0.3) is 0 Å². The third-order valence-electron chi connectivity index (χ3n) is 2.81. The molecule has 106 valence electrons. The maximum atomic E-state index is 13.5. The zero-order valence-electron chi connectivity index (χ0n) is 10.4. The lowest BCUT2D eigenvalue weighted by Crippen LogP contribution is -2.08. The van der Waals surface area contributed by atoms with Crippen LogP contribution in [0.15, 0.2) is 30.3 Å². The lowest BCUT2D eigenvalue weighted by Gasteiger charge is -2.18. The van der Waals surface area contributed by atoms with Crippen LogP contribution in [0.2, 0.25) is 15.1 Å². The van der Waals surface area contributed by atoms with Crippen molar-refractivity contribution in [2.75, 3.05) is 5.32 Å². The summed E-state index contributed by atoms with van der Waals surface area (Å²) >= 11 is 17.6. The van der Waals surface area contributed by atoms with Crippen LogP contribution in [0.25, 0.3) is 0 Å². The fourth-order valence-electron chi connectivity index (χ4n) is 1.79. The zero-order valence-corrected chi connectivity index (χ0v) is 12.6. The van der Waals surface area contributed by atoms with E-state index in [0.717, 1.165) is 0 Å². The Labute approximate surface area is 130 Å². The van der Waals surface area contributed by atoms with E-state index in [1.165, 1.54) is 30.3 Å². The molecule has 0 aliphatic heterocycles. The van der Waals surface area contributed by atoms with Crippen molar-refractivity contribution in [3.05, 3.63) is 62.6 Å². The second-order valence-electron chi connectivity index (χ2n) is 4.28. The number of benzene rings is 2. The Kier molecular flexibility index (Phi) is 4.74. The highest BCUT2D eigenvalue weighted by Crippen LogP contribution is 2.32. The quantitative estimate of drug-likeness (QED) is 0.668. The molecule has 20 heavy (non-hydrogen) atoms. The first-order valence-electron chi connectivity index (χ1n) is 5.74. The molecule has 0 aliphatic rings. The van der Waals surface area contributed by atoms with Gasteiger partial charge in [-0.1, -0.05) is 34.8 Å². The molecule has 0 amide bonds. The third-order valence-corrected chi connectivity index (χ3v) is 3.74. The van der Waals surface area contributed by atoms with Gasteiger partial charge in [-0.15, -0.1) is 0 Å². The van der Waals surface area contributed by atoms with Crippen LogP contribution in [0.3, 0.4) is 0 Å². The van der Waals surface area contributed by atoms with Crippen molar-refractivity contribution in [1.29, 1.82) is 0 Å². The van der Waals surface area contributed by atoms with Crippen LogP contribution in [-0.2, 0) is 0 Å². The van der Waals surface area contributed by atoms with Gasteiger partial charge in [-0.2, -0.15) is 0 Å². The van der Waals surface area contributed by atoms with E-state index in [9.17, 15) is 8.78 Å². The number of halogens is 5. The van der Waals surface area contributed by atoms with E-state index in [4.69, 9.17) is 34.8 Å². The van der Waals surface area contributed by atoms with Gasteiger partial charge < -0.3 is 5.32 Å². The topological polar surface area (TPSA) is 12.0 Å². The molecule has 0 fully saturated rings. The first kappa shape index (κ1) is 15.4. The lowest BCUT2D eigenvalue weighted by atomic mass is 10.1. The molecule has 1 N–H and O–H groups in total. The molecular weight excluding hydrogens is 327 g/mol. The summed E-state index contributed by atoms with van der Waals surface area (Å²) < 4.78 is 26.5. The predicted molar refractivity (Wildman–Crippen MR) is 79.9 cm³/mol. The highest BCUT2D eigenvalue weighted by molar-refractivity contribution is 6.35. The second kappa shape index (κ2) is 6.17. The smallest absolute Gasteiger partial charge is 0.142 e. The number of rotatable bonds is 3. The molecule has 0 spiro atoms. The van der Waals surface area contributed by atoms with E-state index in [1.807, 2.05) is 0 Å². The van der Waals surface area contributed by atoms with Crippen LogP contribution >= 0.6 is 34.8 Å². The van der Waals surface area contributed by atoms with Gasteiger partial charge in [-0.3, -0.25) is 0 Å². The fraction of sp³-hybridized carbons (Fsp3) is 0.143. The zero-order chi connectivity index (χ0) is 14.9. The highest BCUT2D eigenvalue weighted by Gasteiger charge is 2.14. The van der Waals surface area contributed by atoms with Crippen LogP contribution in [0.1, 0.15) is 18.5 Å². The van der Waals surface area contributed by atoms with E-state index in [0.29, 0.717) is 16.3 Å². The van der Waals surface area contributed by atoms with Gasteiger partial charge in [0.05, 0.1) is 21.8 Å². The minimum atomic E-state index is -0.551. The number of hydrogen-bond donors (Lipinski definition) is 1. The molecule has 0 aromatic heterocycles. The molecule has 0 bridgehead atoms. The molecule has 1 nitrogen and oxygen atoms in total. The highest BCUT2D eigenvalue weighted by atomic mass is 35.5. The van der Waals surface area contributed by atoms with Crippen molar-refractivity contribution in [3.8, 4) is 0 Å². The monoisotopic (exact) mass is 335 g/mol. The maximum absolute atomic E-state index is 13.5. The SMILES string of the molecule is CC(Nc1ccc(F)cc1Cl)c1cc(F)c(Cl)cc1Cl. The predicted octanol–water partition coefficient (Wildman–Crippen LogP) is 6.10. The molecule has 0 aliphatic carbocycles. The van der Waals surface area contributed by atoms with Crippen molar-refractivity contribution < 1.29 is 8.78 Å². The van der Waals surface area contributed by atoms with E-state index in [1.54, 1.807) is 6.92 Å². The summed E-state index contributed by atoms with van der Waals surface area (Å²) in [6.45, 7) is 1.79. The summed E-state index contributed by atoms with van der Waals surface area (Å²) in [5, 5.41) is 3.59. The van der Waals surface area contributed by atoms with Gasteiger partial charge in [-0.05, 0) is 42.8 Å². The van der Waals surface area contributed by atoms with Crippen molar-refractivity contribution in [1.82, 2.24) is 0 Å². The molecule has 6 heteroatoms. The summed E-state index contributed by atoms with van der Waals surface area (Å²) in [6, 6.07) is 6.27. The summed E-state index contributed by atoms with van der Waals surface area (Å²) in [4.78, 5) is 0. The maximum Gasteiger partial charge on any atom is 0.142 e. The molecule has 0 heterocycles. The minimum Gasteiger partial charge on any atom is -0.377 e. The van der Waals surface area contributed by atoms with E-state index in [-0.39, 0.29) is 16.1 Å². The van der Waals surface area contributed by atoms with Crippen molar-refractivity contribution in [3.63, 3.8) is 0 Å². The van der Waals surface area contributed by atoms with Crippen LogP contribution in [-0.4, -0.2) is 0 Å². The Balaban J connectivity index is 2.28. The first-order valence-corrected chi connectivity index (χ1v) is 6.88. The Bertz CT molecular complexity index is 647. The van der Waals surface area contributed by atoms with Crippen molar-refractivity contribution >= 4 is 40.5 Å². The molecule has 0 radical (unpaired) electrons. The number of nitrogens with one attached hydrogen (secondary N) is 1. The number of hydrogen-bond acceptors (Lipinski definition) is 1. The van der Waals surface area contributed by atoms with E-state index >= 15 is 0 Å². The molecule has 2 aromatic rings. The average molecular weight is 337 g/mol. The molecule has 2 aromatic carbocycles. The largest absolute Gasteiger partial charge is 0.377 e.